The van der Waals surface area contributed by atoms with Crippen molar-refractivity contribution in [3.63, 3.8) is 0 Å². The summed E-state index contributed by atoms with van der Waals surface area (Å²) in [6.07, 6.45) is 1.36. The molecule has 0 saturated heterocycles. The molecule has 0 saturated carbocycles. The Kier molecular flexibility index (Phi) is 5.75. The maximum absolute atomic E-state index is 13.3. The monoisotopic (exact) mass is 457 g/mol. The van der Waals surface area contributed by atoms with Crippen LogP contribution in [0.25, 0.3) is 21.3 Å². The molecular weight excluding hydrogens is 441 g/mol. The highest BCUT2D eigenvalue weighted by Crippen LogP contribution is 2.31. The molecule has 1 N–H and O–H groups in total. The highest BCUT2D eigenvalue weighted by molar-refractivity contribution is 7.17. The van der Waals surface area contributed by atoms with Crippen LogP contribution in [0.2, 0.25) is 5.02 Å². The third kappa shape index (κ3) is 4.04. The molecule has 0 bridgehead atoms. The number of amides is 1. The van der Waals surface area contributed by atoms with Gasteiger partial charge in [-0.3, -0.25) is 14.2 Å². The van der Waals surface area contributed by atoms with Crippen LogP contribution in [0.15, 0.2) is 59.0 Å². The van der Waals surface area contributed by atoms with Gasteiger partial charge in [-0.25, -0.2) is 9.37 Å². The highest BCUT2D eigenvalue weighted by Gasteiger charge is 2.20. The lowest BCUT2D eigenvalue weighted by atomic mass is 10.1. The number of hydrogen-bond acceptors (Lipinski definition) is 5. The number of ether oxygens (including phenoxy) is 1. The second-order valence-corrected chi connectivity index (χ2v) is 8.07. The predicted octanol–water partition coefficient (Wildman–Crippen LogP) is 5.13. The van der Waals surface area contributed by atoms with E-state index in [-0.39, 0.29) is 11.4 Å². The van der Waals surface area contributed by atoms with Crippen molar-refractivity contribution in [2.24, 2.45) is 0 Å². The number of nitrogens with zero attached hydrogens (tertiary/aromatic N) is 2. The van der Waals surface area contributed by atoms with E-state index in [1.54, 1.807) is 42.6 Å². The van der Waals surface area contributed by atoms with Crippen molar-refractivity contribution >= 4 is 44.7 Å². The molecule has 4 aromatic rings. The molecule has 2 aromatic heterocycles. The molecule has 0 radical (unpaired) electrons. The molecule has 0 aliphatic heterocycles. The number of hydrogen-bond donors (Lipinski definition) is 1. The van der Waals surface area contributed by atoms with E-state index in [0.29, 0.717) is 37.8 Å². The Morgan fingerprint density at radius 1 is 1.26 bits per heavy atom. The SMILES string of the molecule is COc1ccc(NC(=O)[C@H](C)n2cnc3scc(-c4ccc(F)cc4)c3c2=O)cc1Cl. The van der Waals surface area contributed by atoms with Gasteiger partial charge in [0.25, 0.3) is 5.56 Å². The molecule has 6 nitrogen and oxygen atoms in total. The summed E-state index contributed by atoms with van der Waals surface area (Å²) in [6.45, 7) is 1.61. The zero-order chi connectivity index (χ0) is 22.1. The topological polar surface area (TPSA) is 73.2 Å². The molecule has 1 amide bonds. The van der Waals surface area contributed by atoms with Crippen LogP contribution in [0, 0.1) is 5.82 Å². The minimum Gasteiger partial charge on any atom is -0.495 e. The number of halogens is 2. The predicted molar refractivity (Wildman–Crippen MR) is 121 cm³/mol. The Bertz CT molecular complexity index is 1330. The molecule has 31 heavy (non-hydrogen) atoms. The quantitative estimate of drug-likeness (QED) is 0.451. The van der Waals surface area contributed by atoms with Gasteiger partial charge in [0.15, 0.2) is 0 Å². The number of carbonyl (C=O) groups is 1. The third-order valence-electron chi connectivity index (χ3n) is 4.89. The first kappa shape index (κ1) is 21.0. The van der Waals surface area contributed by atoms with Crippen LogP contribution in [-0.2, 0) is 4.79 Å². The first-order valence-electron chi connectivity index (χ1n) is 9.27. The van der Waals surface area contributed by atoms with Crippen LogP contribution in [0.1, 0.15) is 13.0 Å². The smallest absolute Gasteiger partial charge is 0.263 e. The number of aromatic nitrogens is 2. The van der Waals surface area contributed by atoms with Crippen LogP contribution in [0.5, 0.6) is 5.75 Å². The van der Waals surface area contributed by atoms with Crippen molar-refractivity contribution in [1.29, 1.82) is 0 Å². The fraction of sp³-hybridized carbons (Fsp3) is 0.136. The second-order valence-electron chi connectivity index (χ2n) is 6.81. The van der Waals surface area contributed by atoms with Gasteiger partial charge in [0.2, 0.25) is 5.91 Å². The van der Waals surface area contributed by atoms with E-state index < -0.39 is 11.9 Å². The van der Waals surface area contributed by atoms with Crippen molar-refractivity contribution in [1.82, 2.24) is 9.55 Å². The van der Waals surface area contributed by atoms with Crippen LogP contribution >= 0.6 is 22.9 Å². The lowest BCUT2D eigenvalue weighted by Crippen LogP contribution is -2.31. The number of benzene rings is 2. The third-order valence-corrected chi connectivity index (χ3v) is 6.07. The standard InChI is InChI=1S/C22H17ClFN3O3S/c1-12(20(28)26-15-7-8-18(30-2)17(23)9-15)27-11-25-21-19(22(27)29)16(10-31-21)13-3-5-14(24)6-4-13/h3-12H,1-2H3,(H,26,28)/t12-/m0/s1. The molecule has 158 valence electrons. The van der Waals surface area contributed by atoms with Gasteiger partial charge in [-0.2, -0.15) is 0 Å². The fourth-order valence-corrected chi connectivity index (χ4v) is 4.34. The average molecular weight is 458 g/mol. The molecule has 0 spiro atoms. The van der Waals surface area contributed by atoms with E-state index in [4.69, 9.17) is 16.3 Å². The molecule has 2 aromatic carbocycles. The van der Waals surface area contributed by atoms with Gasteiger partial charge in [-0.1, -0.05) is 23.7 Å². The van der Waals surface area contributed by atoms with E-state index in [1.807, 2.05) is 0 Å². The lowest BCUT2D eigenvalue weighted by Gasteiger charge is -2.15. The summed E-state index contributed by atoms with van der Waals surface area (Å²) in [5.74, 6) is -0.268. The first-order chi connectivity index (χ1) is 14.9. The Hall–Kier alpha value is -3.23. The molecule has 0 fully saturated rings. The maximum atomic E-state index is 13.3. The molecule has 0 aliphatic carbocycles. The van der Waals surface area contributed by atoms with Gasteiger partial charge in [0, 0.05) is 16.6 Å². The number of thiophene rings is 1. The number of carbonyl (C=O) groups excluding carboxylic acids is 1. The summed E-state index contributed by atoms with van der Waals surface area (Å²) < 4.78 is 19.7. The van der Waals surface area contributed by atoms with Crippen molar-refractivity contribution < 1.29 is 13.9 Å². The summed E-state index contributed by atoms with van der Waals surface area (Å²) in [5.41, 5.74) is 1.49. The Morgan fingerprint density at radius 3 is 2.68 bits per heavy atom. The van der Waals surface area contributed by atoms with E-state index >= 15 is 0 Å². The van der Waals surface area contributed by atoms with Crippen molar-refractivity contribution in [3.8, 4) is 16.9 Å². The second kappa shape index (κ2) is 8.49. The van der Waals surface area contributed by atoms with Gasteiger partial charge >= 0.3 is 0 Å². The minimum atomic E-state index is -0.828. The number of anilines is 1. The van der Waals surface area contributed by atoms with Crippen molar-refractivity contribution in [2.45, 2.75) is 13.0 Å². The zero-order valence-corrected chi connectivity index (χ0v) is 18.1. The summed E-state index contributed by atoms with van der Waals surface area (Å²) in [7, 11) is 1.50. The number of rotatable bonds is 5. The van der Waals surface area contributed by atoms with Gasteiger partial charge < -0.3 is 10.1 Å². The lowest BCUT2D eigenvalue weighted by molar-refractivity contribution is -0.118. The summed E-state index contributed by atoms with van der Waals surface area (Å²) in [5, 5.41) is 5.31. The van der Waals surface area contributed by atoms with Crippen LogP contribution in [0.3, 0.4) is 0 Å². The van der Waals surface area contributed by atoms with Gasteiger partial charge in [0.1, 0.15) is 22.4 Å². The Labute approximate surface area is 185 Å². The molecular formula is C22H17ClFN3O3S. The number of nitrogens with one attached hydrogen (secondary N) is 1. The van der Waals surface area contributed by atoms with E-state index in [2.05, 4.69) is 10.3 Å². The molecule has 2 heterocycles. The van der Waals surface area contributed by atoms with Crippen LogP contribution < -0.4 is 15.6 Å². The normalized spacial score (nSPS) is 12.0. The number of fused-ring (bicyclic) bond motifs is 1. The Balaban J connectivity index is 1.67. The van der Waals surface area contributed by atoms with E-state index in [1.165, 1.54) is 41.5 Å². The van der Waals surface area contributed by atoms with Crippen molar-refractivity contribution in [3.05, 3.63) is 75.4 Å². The molecule has 0 aliphatic rings. The van der Waals surface area contributed by atoms with Gasteiger partial charge in [0.05, 0.1) is 23.8 Å². The molecule has 1 atom stereocenters. The summed E-state index contributed by atoms with van der Waals surface area (Å²) in [6, 6.07) is 9.93. The fourth-order valence-electron chi connectivity index (χ4n) is 3.18. The summed E-state index contributed by atoms with van der Waals surface area (Å²) in [4.78, 5) is 30.9. The van der Waals surface area contributed by atoms with Crippen LogP contribution in [0.4, 0.5) is 10.1 Å². The Morgan fingerprint density at radius 2 is 2.00 bits per heavy atom. The van der Waals surface area contributed by atoms with Gasteiger partial charge in [-0.05, 0) is 42.8 Å². The zero-order valence-electron chi connectivity index (χ0n) is 16.6. The average Bonchev–Trinajstić information content (AvgIpc) is 3.19. The van der Waals surface area contributed by atoms with Crippen LogP contribution in [-0.4, -0.2) is 22.6 Å². The first-order valence-corrected chi connectivity index (χ1v) is 10.5. The van der Waals surface area contributed by atoms with E-state index in [9.17, 15) is 14.0 Å². The summed E-state index contributed by atoms with van der Waals surface area (Å²) >= 11 is 7.43. The minimum absolute atomic E-state index is 0.346. The largest absolute Gasteiger partial charge is 0.495 e. The number of methoxy groups -OCH3 is 1. The van der Waals surface area contributed by atoms with Gasteiger partial charge in [-0.15, -0.1) is 11.3 Å². The maximum Gasteiger partial charge on any atom is 0.263 e. The molecule has 9 heteroatoms. The molecule has 4 rings (SSSR count). The van der Waals surface area contributed by atoms with Crippen molar-refractivity contribution in [2.75, 3.05) is 12.4 Å². The highest BCUT2D eigenvalue weighted by atomic mass is 35.5. The molecule has 0 unspecified atom stereocenters. The van der Waals surface area contributed by atoms with E-state index in [0.717, 1.165) is 0 Å².